The number of nitrogens with one attached hydrogen (secondary N) is 1. The molecule has 0 spiro atoms. The molecule has 0 fully saturated rings. The molecule has 2 rings (SSSR count). The molecule has 0 aliphatic rings. The lowest BCUT2D eigenvalue weighted by molar-refractivity contribution is -0.115. The number of anilines is 1. The second kappa shape index (κ2) is 8.50. The molecule has 2 aromatic carbocycles. The largest absolute Gasteiger partial charge is 0.489 e. The van der Waals surface area contributed by atoms with Gasteiger partial charge in [0, 0.05) is 12.1 Å². The summed E-state index contributed by atoms with van der Waals surface area (Å²) in [4.78, 5) is 12.1. The molecule has 0 radical (unpaired) electrons. The molecule has 2 aromatic rings. The van der Waals surface area contributed by atoms with Crippen LogP contribution in [0.1, 0.15) is 5.56 Å². The van der Waals surface area contributed by atoms with E-state index in [-0.39, 0.29) is 12.3 Å². The maximum atomic E-state index is 13.6. The fraction of sp³-hybridized carbons (Fsp3) is 0.235. The van der Waals surface area contributed by atoms with Gasteiger partial charge in [-0.25, -0.2) is 4.39 Å². The molecule has 0 aliphatic carbocycles. The maximum absolute atomic E-state index is 13.6. The summed E-state index contributed by atoms with van der Waals surface area (Å²) >= 11 is 5.96. The molecule has 6 heteroatoms. The van der Waals surface area contributed by atoms with Crippen molar-refractivity contribution in [1.29, 1.82) is 0 Å². The Balaban J connectivity index is 2.07. The molecule has 0 bridgehead atoms. The lowest BCUT2D eigenvalue weighted by atomic mass is 10.1. The fourth-order valence-electron chi connectivity index (χ4n) is 1.97. The normalized spacial score (nSPS) is 10.4. The molecule has 1 amide bonds. The number of amides is 1. The molecule has 0 atom stereocenters. The quantitative estimate of drug-likeness (QED) is 0.784. The van der Waals surface area contributed by atoms with Crippen molar-refractivity contribution in [3.05, 3.63) is 58.9 Å². The first-order chi connectivity index (χ1) is 11.1. The summed E-state index contributed by atoms with van der Waals surface area (Å²) in [5.74, 6) is -0.285. The predicted molar refractivity (Wildman–Crippen MR) is 87.6 cm³/mol. The average Bonchev–Trinajstić information content (AvgIpc) is 2.52. The van der Waals surface area contributed by atoms with Crippen LogP contribution >= 0.6 is 11.6 Å². The monoisotopic (exact) mass is 337 g/mol. The minimum Gasteiger partial charge on any atom is -0.489 e. The van der Waals surface area contributed by atoms with Crippen LogP contribution in [0.4, 0.5) is 10.1 Å². The summed E-state index contributed by atoms with van der Waals surface area (Å²) in [6.07, 6.45) is -0.0727. The lowest BCUT2D eigenvalue weighted by Crippen LogP contribution is -2.16. The highest BCUT2D eigenvalue weighted by atomic mass is 35.5. The molecule has 1 N–H and O–H groups in total. The summed E-state index contributed by atoms with van der Waals surface area (Å²) in [6.45, 7) is 0.763. The van der Waals surface area contributed by atoms with Crippen molar-refractivity contribution in [3.63, 3.8) is 0 Å². The smallest absolute Gasteiger partial charge is 0.229 e. The Morgan fingerprint density at radius 2 is 2.00 bits per heavy atom. The molecular weight excluding hydrogens is 321 g/mol. The number of hydrogen-bond acceptors (Lipinski definition) is 3. The summed E-state index contributed by atoms with van der Waals surface area (Å²) in [6, 6.07) is 11.1. The maximum Gasteiger partial charge on any atom is 0.229 e. The summed E-state index contributed by atoms with van der Waals surface area (Å²) in [5, 5.41) is 3.16. The second-order valence-corrected chi connectivity index (χ2v) is 5.23. The van der Waals surface area contributed by atoms with E-state index in [0.29, 0.717) is 35.2 Å². The van der Waals surface area contributed by atoms with Gasteiger partial charge in [-0.2, -0.15) is 0 Å². The van der Waals surface area contributed by atoms with Crippen LogP contribution in [0.5, 0.6) is 5.75 Å². The van der Waals surface area contributed by atoms with Gasteiger partial charge in [-0.05, 0) is 29.8 Å². The van der Waals surface area contributed by atoms with Gasteiger partial charge in [0.25, 0.3) is 0 Å². The Hall–Kier alpha value is -2.11. The Bertz CT molecular complexity index is 679. The van der Waals surface area contributed by atoms with Gasteiger partial charge in [0.1, 0.15) is 18.2 Å². The van der Waals surface area contributed by atoms with Gasteiger partial charge < -0.3 is 14.8 Å². The van der Waals surface area contributed by atoms with Gasteiger partial charge in [-0.1, -0.05) is 29.8 Å². The number of benzene rings is 2. The van der Waals surface area contributed by atoms with Crippen LogP contribution in [-0.4, -0.2) is 26.2 Å². The number of hydrogen-bond donors (Lipinski definition) is 1. The van der Waals surface area contributed by atoms with Crippen LogP contribution < -0.4 is 10.1 Å². The summed E-state index contributed by atoms with van der Waals surface area (Å²) in [5.41, 5.74) is 0.767. The van der Waals surface area contributed by atoms with E-state index in [2.05, 4.69) is 5.32 Å². The SMILES string of the molecule is COCCOc1ccc(Cl)cc1NC(=O)Cc1ccccc1F. The summed E-state index contributed by atoms with van der Waals surface area (Å²) < 4.78 is 24.1. The average molecular weight is 338 g/mol. The third-order valence-corrected chi connectivity index (χ3v) is 3.30. The number of ether oxygens (including phenoxy) is 2. The molecule has 122 valence electrons. The van der Waals surface area contributed by atoms with Crippen LogP contribution in [-0.2, 0) is 16.0 Å². The van der Waals surface area contributed by atoms with E-state index in [0.717, 1.165) is 0 Å². The number of carbonyl (C=O) groups excluding carboxylic acids is 1. The number of methoxy groups -OCH3 is 1. The van der Waals surface area contributed by atoms with Gasteiger partial charge in [0.15, 0.2) is 0 Å². The predicted octanol–water partition coefficient (Wildman–Crippen LogP) is 3.69. The van der Waals surface area contributed by atoms with Crippen molar-refractivity contribution in [3.8, 4) is 5.75 Å². The van der Waals surface area contributed by atoms with Crippen molar-refractivity contribution < 1.29 is 18.7 Å². The van der Waals surface area contributed by atoms with Crippen LogP contribution in [0.3, 0.4) is 0 Å². The van der Waals surface area contributed by atoms with E-state index in [1.54, 1.807) is 43.5 Å². The van der Waals surface area contributed by atoms with Crippen LogP contribution in [0, 0.1) is 5.82 Å². The Morgan fingerprint density at radius 3 is 2.74 bits per heavy atom. The standard InChI is InChI=1S/C17H17ClFNO3/c1-22-8-9-23-16-7-6-13(18)11-15(16)20-17(21)10-12-4-2-3-5-14(12)19/h2-7,11H,8-10H2,1H3,(H,20,21). The highest BCUT2D eigenvalue weighted by Crippen LogP contribution is 2.28. The van der Waals surface area contributed by atoms with E-state index in [1.165, 1.54) is 6.07 Å². The van der Waals surface area contributed by atoms with Gasteiger partial charge >= 0.3 is 0 Å². The highest BCUT2D eigenvalue weighted by Gasteiger charge is 2.11. The first kappa shape index (κ1) is 17.2. The van der Waals surface area contributed by atoms with Gasteiger partial charge in [-0.3, -0.25) is 4.79 Å². The fourth-order valence-corrected chi connectivity index (χ4v) is 2.14. The molecule has 23 heavy (non-hydrogen) atoms. The zero-order valence-electron chi connectivity index (χ0n) is 12.6. The van der Waals surface area contributed by atoms with E-state index in [1.807, 2.05) is 0 Å². The number of rotatable bonds is 7. The van der Waals surface area contributed by atoms with Crippen molar-refractivity contribution >= 4 is 23.2 Å². The third kappa shape index (κ3) is 5.23. The van der Waals surface area contributed by atoms with Crippen LogP contribution in [0.25, 0.3) is 0 Å². The summed E-state index contributed by atoms with van der Waals surface area (Å²) in [7, 11) is 1.57. The minimum atomic E-state index is -0.412. The van der Waals surface area contributed by atoms with Crippen molar-refractivity contribution in [2.75, 3.05) is 25.6 Å². The van der Waals surface area contributed by atoms with Crippen molar-refractivity contribution in [1.82, 2.24) is 0 Å². The van der Waals surface area contributed by atoms with Gasteiger partial charge in [-0.15, -0.1) is 0 Å². The topological polar surface area (TPSA) is 47.6 Å². The Labute approximate surface area is 139 Å². The van der Waals surface area contributed by atoms with E-state index < -0.39 is 5.82 Å². The zero-order chi connectivity index (χ0) is 16.7. The Morgan fingerprint density at radius 1 is 1.22 bits per heavy atom. The molecule has 0 unspecified atom stereocenters. The molecule has 0 aromatic heterocycles. The molecule has 0 saturated carbocycles. The lowest BCUT2D eigenvalue weighted by Gasteiger charge is -2.13. The third-order valence-electron chi connectivity index (χ3n) is 3.07. The van der Waals surface area contributed by atoms with E-state index in [9.17, 15) is 9.18 Å². The number of halogens is 2. The molecule has 0 saturated heterocycles. The zero-order valence-corrected chi connectivity index (χ0v) is 13.4. The molecular formula is C17H17ClFNO3. The molecule has 0 heterocycles. The minimum absolute atomic E-state index is 0.0727. The van der Waals surface area contributed by atoms with Crippen LogP contribution in [0.2, 0.25) is 5.02 Å². The number of carbonyl (C=O) groups is 1. The van der Waals surface area contributed by atoms with Crippen molar-refractivity contribution in [2.24, 2.45) is 0 Å². The molecule has 0 aliphatic heterocycles. The highest BCUT2D eigenvalue weighted by molar-refractivity contribution is 6.31. The van der Waals surface area contributed by atoms with Gasteiger partial charge in [0.05, 0.1) is 18.7 Å². The molecule has 4 nitrogen and oxygen atoms in total. The van der Waals surface area contributed by atoms with E-state index >= 15 is 0 Å². The van der Waals surface area contributed by atoms with Gasteiger partial charge in [0.2, 0.25) is 5.91 Å². The van der Waals surface area contributed by atoms with Crippen molar-refractivity contribution in [2.45, 2.75) is 6.42 Å². The van der Waals surface area contributed by atoms with E-state index in [4.69, 9.17) is 21.1 Å². The second-order valence-electron chi connectivity index (χ2n) is 4.80. The first-order valence-electron chi connectivity index (χ1n) is 7.04. The Kier molecular flexibility index (Phi) is 6.38. The first-order valence-corrected chi connectivity index (χ1v) is 7.42. The van der Waals surface area contributed by atoms with Crippen LogP contribution in [0.15, 0.2) is 42.5 Å².